The lowest BCUT2D eigenvalue weighted by molar-refractivity contribution is -0.384. The number of non-ortho nitro benzene ring substituents is 1. The SMILES string of the molecule is O=C1CCCc2c1c[nH]c2-c1cc([N+](=O)[O-])ccc1Oc1ccccc1. The molecule has 0 bridgehead atoms. The van der Waals surface area contributed by atoms with Crippen LogP contribution in [0.3, 0.4) is 0 Å². The number of nitro benzene ring substituents is 1. The van der Waals surface area contributed by atoms with Gasteiger partial charge in [0.1, 0.15) is 11.5 Å². The fourth-order valence-corrected chi connectivity index (χ4v) is 3.29. The molecule has 1 aliphatic rings. The van der Waals surface area contributed by atoms with Crippen molar-refractivity contribution < 1.29 is 14.5 Å². The minimum atomic E-state index is -0.434. The molecule has 4 rings (SSSR count). The molecule has 0 aliphatic heterocycles. The highest BCUT2D eigenvalue weighted by Crippen LogP contribution is 2.39. The Kier molecular flexibility index (Phi) is 4.01. The van der Waals surface area contributed by atoms with E-state index in [1.807, 2.05) is 30.3 Å². The normalized spacial score (nSPS) is 13.3. The maximum Gasteiger partial charge on any atom is 0.270 e. The van der Waals surface area contributed by atoms with Crippen LogP contribution in [-0.2, 0) is 6.42 Å². The molecule has 130 valence electrons. The summed E-state index contributed by atoms with van der Waals surface area (Å²) >= 11 is 0. The number of nitrogens with zero attached hydrogens (tertiary/aromatic N) is 1. The van der Waals surface area contributed by atoms with Crippen molar-refractivity contribution in [2.24, 2.45) is 0 Å². The van der Waals surface area contributed by atoms with Crippen LogP contribution in [0.1, 0.15) is 28.8 Å². The van der Waals surface area contributed by atoms with E-state index >= 15 is 0 Å². The summed E-state index contributed by atoms with van der Waals surface area (Å²) in [6, 6.07) is 13.7. The van der Waals surface area contributed by atoms with E-state index in [2.05, 4.69) is 4.98 Å². The first kappa shape index (κ1) is 16.1. The van der Waals surface area contributed by atoms with Crippen molar-refractivity contribution in [3.63, 3.8) is 0 Å². The van der Waals surface area contributed by atoms with Gasteiger partial charge in [-0.2, -0.15) is 0 Å². The van der Waals surface area contributed by atoms with Crippen LogP contribution in [0, 0.1) is 10.1 Å². The Morgan fingerprint density at radius 2 is 1.85 bits per heavy atom. The van der Waals surface area contributed by atoms with Crippen molar-refractivity contribution in [1.29, 1.82) is 0 Å². The van der Waals surface area contributed by atoms with Gasteiger partial charge in [0, 0.05) is 35.9 Å². The molecule has 0 saturated carbocycles. The van der Waals surface area contributed by atoms with Gasteiger partial charge in [-0.25, -0.2) is 0 Å². The van der Waals surface area contributed by atoms with Gasteiger partial charge in [-0.1, -0.05) is 18.2 Å². The number of Topliss-reactive ketones (excluding diaryl/α,β-unsaturated/α-hetero) is 1. The highest BCUT2D eigenvalue weighted by Gasteiger charge is 2.25. The number of nitro groups is 1. The number of fused-ring (bicyclic) bond motifs is 1. The average molecular weight is 348 g/mol. The van der Waals surface area contributed by atoms with Crippen molar-refractivity contribution in [1.82, 2.24) is 4.98 Å². The van der Waals surface area contributed by atoms with Crippen LogP contribution < -0.4 is 4.74 Å². The Balaban J connectivity index is 1.84. The summed E-state index contributed by atoms with van der Waals surface area (Å²) in [5.74, 6) is 1.24. The zero-order valence-electron chi connectivity index (χ0n) is 13.9. The van der Waals surface area contributed by atoms with Crippen LogP contribution in [0.2, 0.25) is 0 Å². The summed E-state index contributed by atoms with van der Waals surface area (Å²) in [5, 5.41) is 11.2. The van der Waals surface area contributed by atoms with Crippen LogP contribution in [0.15, 0.2) is 54.7 Å². The molecule has 0 unspecified atom stereocenters. The van der Waals surface area contributed by atoms with Gasteiger partial charge in [-0.3, -0.25) is 14.9 Å². The lowest BCUT2D eigenvalue weighted by Gasteiger charge is -2.15. The predicted octanol–water partition coefficient (Wildman–Crippen LogP) is 4.90. The minimum absolute atomic E-state index is 0.0223. The summed E-state index contributed by atoms with van der Waals surface area (Å²) in [4.78, 5) is 26.1. The molecular weight excluding hydrogens is 332 g/mol. The van der Waals surface area contributed by atoms with Crippen LogP contribution in [0.25, 0.3) is 11.3 Å². The van der Waals surface area contributed by atoms with Crippen LogP contribution in [-0.4, -0.2) is 15.7 Å². The number of aromatic nitrogens is 1. The third-order valence-corrected chi connectivity index (χ3v) is 4.53. The molecule has 1 heterocycles. The molecule has 1 N–H and O–H groups in total. The number of hydrogen-bond donors (Lipinski definition) is 1. The molecule has 0 atom stereocenters. The van der Waals surface area contributed by atoms with Crippen molar-refractivity contribution in [2.45, 2.75) is 19.3 Å². The van der Waals surface area contributed by atoms with E-state index in [9.17, 15) is 14.9 Å². The Morgan fingerprint density at radius 3 is 2.62 bits per heavy atom. The lowest BCUT2D eigenvalue weighted by atomic mass is 9.91. The maximum absolute atomic E-state index is 12.1. The van der Waals surface area contributed by atoms with Gasteiger partial charge in [0.25, 0.3) is 5.69 Å². The number of rotatable bonds is 4. The molecule has 0 spiro atoms. The molecule has 1 aliphatic carbocycles. The molecule has 1 aromatic heterocycles. The fourth-order valence-electron chi connectivity index (χ4n) is 3.29. The molecular formula is C20H16N2O4. The van der Waals surface area contributed by atoms with E-state index < -0.39 is 4.92 Å². The van der Waals surface area contributed by atoms with Crippen molar-refractivity contribution in [3.8, 4) is 22.8 Å². The second kappa shape index (κ2) is 6.48. The first-order chi connectivity index (χ1) is 12.6. The molecule has 2 aromatic carbocycles. The zero-order chi connectivity index (χ0) is 18.1. The van der Waals surface area contributed by atoms with E-state index in [4.69, 9.17) is 4.74 Å². The van der Waals surface area contributed by atoms with Gasteiger partial charge in [0.2, 0.25) is 0 Å². The van der Waals surface area contributed by atoms with E-state index in [0.717, 1.165) is 18.4 Å². The second-order valence-corrected chi connectivity index (χ2v) is 6.19. The number of ether oxygens (including phenoxy) is 1. The van der Waals surface area contributed by atoms with Gasteiger partial charge < -0.3 is 9.72 Å². The Morgan fingerprint density at radius 1 is 1.04 bits per heavy atom. The monoisotopic (exact) mass is 348 g/mol. The van der Waals surface area contributed by atoms with Gasteiger partial charge >= 0.3 is 0 Å². The molecule has 26 heavy (non-hydrogen) atoms. The smallest absolute Gasteiger partial charge is 0.270 e. The number of nitrogens with one attached hydrogen (secondary N) is 1. The standard InChI is InChI=1S/C20H16N2O4/c23-18-8-4-7-15-17(18)12-21-20(15)16-11-13(22(24)25)9-10-19(16)26-14-5-2-1-3-6-14/h1-3,5-6,9-12,21H,4,7-8H2. The van der Waals surface area contributed by atoms with Crippen LogP contribution >= 0.6 is 0 Å². The van der Waals surface area contributed by atoms with E-state index in [1.165, 1.54) is 12.1 Å². The van der Waals surface area contributed by atoms with Crippen LogP contribution in [0.5, 0.6) is 11.5 Å². The summed E-state index contributed by atoms with van der Waals surface area (Å²) < 4.78 is 5.96. The number of benzene rings is 2. The largest absolute Gasteiger partial charge is 0.457 e. The van der Waals surface area contributed by atoms with Gasteiger partial charge in [0.15, 0.2) is 5.78 Å². The number of carbonyl (C=O) groups excluding carboxylic acids is 1. The predicted molar refractivity (Wildman–Crippen MR) is 96.7 cm³/mol. The fraction of sp³-hybridized carbons (Fsp3) is 0.150. The quantitative estimate of drug-likeness (QED) is 0.537. The molecule has 0 fully saturated rings. The topological polar surface area (TPSA) is 85.2 Å². The molecule has 3 aromatic rings. The van der Waals surface area contributed by atoms with Crippen molar-refractivity contribution in [2.75, 3.05) is 0 Å². The highest BCUT2D eigenvalue weighted by atomic mass is 16.6. The molecule has 0 saturated heterocycles. The summed E-state index contributed by atoms with van der Waals surface area (Å²) in [5.41, 5.74) is 2.84. The minimum Gasteiger partial charge on any atom is -0.457 e. The summed E-state index contributed by atoms with van der Waals surface area (Å²) in [6.07, 6.45) is 3.76. The van der Waals surface area contributed by atoms with Crippen molar-refractivity contribution in [3.05, 3.63) is 76.0 Å². The summed E-state index contributed by atoms with van der Waals surface area (Å²) in [6.45, 7) is 0. The molecule has 6 nitrogen and oxygen atoms in total. The Labute approximate surface area is 149 Å². The number of para-hydroxylation sites is 1. The number of aromatic amines is 1. The first-order valence-electron chi connectivity index (χ1n) is 8.38. The van der Waals surface area contributed by atoms with E-state index in [-0.39, 0.29) is 11.5 Å². The number of hydrogen-bond acceptors (Lipinski definition) is 4. The zero-order valence-corrected chi connectivity index (χ0v) is 13.9. The third kappa shape index (κ3) is 2.86. The molecule has 0 amide bonds. The maximum atomic E-state index is 12.1. The van der Waals surface area contributed by atoms with E-state index in [1.54, 1.807) is 12.3 Å². The average Bonchev–Trinajstić information content (AvgIpc) is 3.08. The van der Waals surface area contributed by atoms with Crippen LogP contribution in [0.4, 0.5) is 5.69 Å². The second-order valence-electron chi connectivity index (χ2n) is 6.19. The lowest BCUT2D eigenvalue weighted by Crippen LogP contribution is -2.08. The Bertz CT molecular complexity index is 992. The van der Waals surface area contributed by atoms with Gasteiger partial charge in [-0.15, -0.1) is 0 Å². The third-order valence-electron chi connectivity index (χ3n) is 4.53. The molecule has 6 heteroatoms. The molecule has 0 radical (unpaired) electrons. The number of ketones is 1. The highest BCUT2D eigenvalue weighted by molar-refractivity contribution is 6.00. The number of H-pyrrole nitrogens is 1. The first-order valence-corrected chi connectivity index (χ1v) is 8.38. The van der Waals surface area contributed by atoms with Gasteiger partial charge in [0.05, 0.1) is 10.6 Å². The number of carbonyl (C=O) groups is 1. The van der Waals surface area contributed by atoms with Gasteiger partial charge in [-0.05, 0) is 36.6 Å². The van der Waals surface area contributed by atoms with E-state index in [0.29, 0.717) is 34.7 Å². The summed E-state index contributed by atoms with van der Waals surface area (Å²) in [7, 11) is 0. The van der Waals surface area contributed by atoms with Crippen molar-refractivity contribution >= 4 is 11.5 Å². The Hall–Kier alpha value is -3.41.